The van der Waals surface area contributed by atoms with Crippen molar-refractivity contribution in [1.29, 1.82) is 0 Å². The SMILES string of the molecule is CCC[SiH2]OC(C)(OCCO)OCCO. The van der Waals surface area contributed by atoms with Crippen molar-refractivity contribution < 1.29 is 24.1 Å². The lowest BCUT2D eigenvalue weighted by Gasteiger charge is -2.29. The summed E-state index contributed by atoms with van der Waals surface area (Å²) in [5, 5.41) is 17.3. The number of hydrogen-bond donors (Lipinski definition) is 2. The molecule has 92 valence electrons. The summed E-state index contributed by atoms with van der Waals surface area (Å²) in [6.45, 7) is 3.95. The van der Waals surface area contributed by atoms with Crippen LogP contribution in [-0.2, 0) is 13.9 Å². The molecule has 0 aliphatic rings. The number of rotatable bonds is 10. The minimum atomic E-state index is -1.10. The average molecular weight is 238 g/mol. The molecule has 0 heterocycles. The molecule has 0 saturated carbocycles. The number of hydrogen-bond acceptors (Lipinski definition) is 5. The van der Waals surface area contributed by atoms with Gasteiger partial charge in [-0.3, -0.25) is 0 Å². The fourth-order valence-electron chi connectivity index (χ4n) is 0.989. The van der Waals surface area contributed by atoms with Gasteiger partial charge in [0.1, 0.15) is 0 Å². The molecule has 0 aromatic rings. The predicted molar refractivity (Wildman–Crippen MR) is 59.2 cm³/mol. The van der Waals surface area contributed by atoms with Crippen LogP contribution in [0.5, 0.6) is 0 Å². The maximum absolute atomic E-state index is 8.65. The Morgan fingerprint density at radius 3 is 2.07 bits per heavy atom. The quantitative estimate of drug-likeness (QED) is 0.308. The van der Waals surface area contributed by atoms with E-state index in [2.05, 4.69) is 6.92 Å². The Hall–Kier alpha value is 0.0169. The van der Waals surface area contributed by atoms with E-state index in [0.717, 1.165) is 12.5 Å². The van der Waals surface area contributed by atoms with Crippen LogP contribution in [0.25, 0.3) is 0 Å². The third-order valence-corrected chi connectivity index (χ3v) is 3.50. The van der Waals surface area contributed by atoms with Crippen LogP contribution in [0.15, 0.2) is 0 Å². The molecule has 0 bridgehead atoms. The van der Waals surface area contributed by atoms with Crippen molar-refractivity contribution >= 4 is 9.76 Å². The molecule has 2 N–H and O–H groups in total. The molecule has 5 nitrogen and oxygen atoms in total. The van der Waals surface area contributed by atoms with E-state index in [1.165, 1.54) is 0 Å². The summed E-state index contributed by atoms with van der Waals surface area (Å²) in [7, 11) is -0.662. The van der Waals surface area contributed by atoms with Crippen LogP contribution in [0, 0.1) is 0 Å². The van der Waals surface area contributed by atoms with E-state index in [0.29, 0.717) is 0 Å². The van der Waals surface area contributed by atoms with Crippen LogP contribution in [0.3, 0.4) is 0 Å². The van der Waals surface area contributed by atoms with Crippen molar-refractivity contribution in [3.63, 3.8) is 0 Å². The molecule has 0 spiro atoms. The van der Waals surface area contributed by atoms with Crippen molar-refractivity contribution in [3.8, 4) is 0 Å². The highest BCUT2D eigenvalue weighted by atomic mass is 28.2. The van der Waals surface area contributed by atoms with Gasteiger partial charge in [-0.1, -0.05) is 13.3 Å². The lowest BCUT2D eigenvalue weighted by atomic mass is 10.6. The highest BCUT2D eigenvalue weighted by Gasteiger charge is 2.26. The Morgan fingerprint density at radius 1 is 1.13 bits per heavy atom. The third kappa shape index (κ3) is 7.89. The van der Waals surface area contributed by atoms with Crippen LogP contribution in [0.4, 0.5) is 0 Å². The maximum atomic E-state index is 8.65. The summed E-state index contributed by atoms with van der Waals surface area (Å²) in [6.07, 6.45) is 1.09. The molecule has 6 heteroatoms. The second-order valence-electron chi connectivity index (χ2n) is 3.21. The smallest absolute Gasteiger partial charge is 0.270 e. The second kappa shape index (κ2) is 9.26. The molecule has 0 rings (SSSR count). The lowest BCUT2D eigenvalue weighted by Crippen LogP contribution is -2.38. The van der Waals surface area contributed by atoms with Gasteiger partial charge in [0.25, 0.3) is 5.97 Å². The molecule has 0 unspecified atom stereocenters. The molecule has 0 aromatic heterocycles. The first-order valence-electron chi connectivity index (χ1n) is 5.32. The largest absolute Gasteiger partial charge is 0.394 e. The zero-order chi connectivity index (χ0) is 11.6. The van der Waals surface area contributed by atoms with Crippen LogP contribution in [-0.4, -0.2) is 52.4 Å². The molecular weight excluding hydrogens is 216 g/mol. The third-order valence-electron chi connectivity index (χ3n) is 1.77. The van der Waals surface area contributed by atoms with Gasteiger partial charge >= 0.3 is 0 Å². The van der Waals surface area contributed by atoms with E-state index in [1.807, 2.05) is 0 Å². The monoisotopic (exact) mass is 238 g/mol. The van der Waals surface area contributed by atoms with Crippen LogP contribution in [0.1, 0.15) is 20.3 Å². The van der Waals surface area contributed by atoms with Gasteiger partial charge in [-0.25, -0.2) is 0 Å². The summed E-state index contributed by atoms with van der Waals surface area (Å²) in [6, 6.07) is 1.06. The topological polar surface area (TPSA) is 68.2 Å². The molecule has 0 aliphatic heterocycles. The zero-order valence-electron chi connectivity index (χ0n) is 9.57. The van der Waals surface area contributed by atoms with E-state index in [4.69, 9.17) is 24.1 Å². The standard InChI is InChI=1S/C9H22O5Si/c1-3-8-15-14-9(2,12-6-4-10)13-7-5-11/h10-11H,3-8,15H2,1-2H3. The number of aliphatic hydroxyl groups excluding tert-OH is 2. The molecular formula is C9H22O5Si. The van der Waals surface area contributed by atoms with Gasteiger partial charge < -0.3 is 24.1 Å². The van der Waals surface area contributed by atoms with E-state index in [9.17, 15) is 0 Å². The Labute approximate surface area is 93.3 Å². The van der Waals surface area contributed by atoms with Gasteiger partial charge in [-0.2, -0.15) is 0 Å². The highest BCUT2D eigenvalue weighted by Crippen LogP contribution is 2.14. The summed E-state index contributed by atoms with van der Waals surface area (Å²) < 4.78 is 16.1. The fourth-order valence-corrected chi connectivity index (χ4v) is 1.96. The Bertz CT molecular complexity index is 136. The molecule has 0 aromatic carbocycles. The van der Waals surface area contributed by atoms with Crippen molar-refractivity contribution in [2.45, 2.75) is 32.3 Å². The molecule has 0 aliphatic carbocycles. The molecule has 0 amide bonds. The lowest BCUT2D eigenvalue weighted by molar-refractivity contribution is -0.336. The van der Waals surface area contributed by atoms with Crippen LogP contribution < -0.4 is 0 Å². The average Bonchev–Trinajstić information content (AvgIpc) is 2.24. The van der Waals surface area contributed by atoms with Gasteiger partial charge in [0.05, 0.1) is 26.4 Å². The minimum absolute atomic E-state index is 0.0727. The van der Waals surface area contributed by atoms with Gasteiger partial charge in [0.2, 0.25) is 0 Å². The molecule has 15 heavy (non-hydrogen) atoms. The van der Waals surface area contributed by atoms with Gasteiger partial charge in [0, 0.05) is 6.92 Å². The molecule has 0 atom stereocenters. The van der Waals surface area contributed by atoms with Crippen LogP contribution >= 0.6 is 0 Å². The van der Waals surface area contributed by atoms with E-state index in [1.54, 1.807) is 6.92 Å². The fraction of sp³-hybridized carbons (Fsp3) is 1.00. The molecule has 0 radical (unpaired) electrons. The summed E-state index contributed by atoms with van der Waals surface area (Å²) in [5.41, 5.74) is 0. The Kier molecular flexibility index (Phi) is 9.27. The van der Waals surface area contributed by atoms with Crippen molar-refractivity contribution in [3.05, 3.63) is 0 Å². The zero-order valence-corrected chi connectivity index (χ0v) is 11.0. The van der Waals surface area contributed by atoms with E-state index >= 15 is 0 Å². The van der Waals surface area contributed by atoms with Crippen molar-refractivity contribution in [2.75, 3.05) is 26.4 Å². The van der Waals surface area contributed by atoms with Crippen LogP contribution in [0.2, 0.25) is 6.04 Å². The first-order valence-corrected chi connectivity index (χ1v) is 6.90. The van der Waals surface area contributed by atoms with Gasteiger partial charge in [0.15, 0.2) is 9.76 Å². The molecule has 0 fully saturated rings. The Morgan fingerprint density at radius 2 is 1.67 bits per heavy atom. The Balaban J connectivity index is 3.89. The van der Waals surface area contributed by atoms with E-state index in [-0.39, 0.29) is 26.4 Å². The first kappa shape index (κ1) is 15.0. The van der Waals surface area contributed by atoms with Gasteiger partial charge in [-0.05, 0) is 6.04 Å². The minimum Gasteiger partial charge on any atom is -0.394 e. The summed E-state index contributed by atoms with van der Waals surface area (Å²) in [5.74, 6) is -1.10. The first-order chi connectivity index (χ1) is 7.18. The maximum Gasteiger partial charge on any atom is 0.270 e. The van der Waals surface area contributed by atoms with E-state index < -0.39 is 15.7 Å². The second-order valence-corrected chi connectivity index (χ2v) is 4.61. The predicted octanol–water partition coefficient (Wildman–Crippen LogP) is -0.393. The number of ether oxygens (including phenoxy) is 2. The summed E-state index contributed by atoms with van der Waals surface area (Å²) in [4.78, 5) is 0. The highest BCUT2D eigenvalue weighted by molar-refractivity contribution is 6.27. The normalized spacial score (nSPS) is 12.8. The van der Waals surface area contributed by atoms with Crippen molar-refractivity contribution in [1.82, 2.24) is 0 Å². The molecule has 0 saturated heterocycles. The van der Waals surface area contributed by atoms with Crippen molar-refractivity contribution in [2.24, 2.45) is 0 Å². The number of aliphatic hydroxyl groups is 2. The summed E-state index contributed by atoms with van der Waals surface area (Å²) >= 11 is 0. The van der Waals surface area contributed by atoms with Gasteiger partial charge in [-0.15, -0.1) is 0 Å².